The van der Waals surface area contributed by atoms with Gasteiger partial charge in [-0.05, 0) is 24.1 Å². The zero-order valence-corrected chi connectivity index (χ0v) is 14.9. The van der Waals surface area contributed by atoms with Crippen molar-refractivity contribution in [3.8, 4) is 0 Å². The second-order valence-corrected chi connectivity index (χ2v) is 8.39. The average Bonchev–Trinajstić information content (AvgIpc) is 2.42. The van der Waals surface area contributed by atoms with E-state index in [9.17, 15) is 18.0 Å². The molecule has 6 nitrogen and oxygen atoms in total. The average molecular weight is 361 g/mol. The summed E-state index contributed by atoms with van der Waals surface area (Å²) < 4.78 is 22.1. The quantitative estimate of drug-likeness (QED) is 0.778. The Morgan fingerprint density at radius 2 is 1.91 bits per heavy atom. The Morgan fingerprint density at radius 3 is 2.43 bits per heavy atom. The summed E-state index contributed by atoms with van der Waals surface area (Å²) in [4.78, 5) is 23.6. The maximum atomic E-state index is 12.0. The number of carbonyl (C=O) groups excluding carboxylic acids is 2. The first-order valence-electron chi connectivity index (χ1n) is 7.14. The maximum Gasteiger partial charge on any atom is 0.252 e. The lowest BCUT2D eigenvalue weighted by molar-refractivity contribution is -0.115. The fourth-order valence-corrected chi connectivity index (χ4v) is 2.49. The van der Waals surface area contributed by atoms with Gasteiger partial charge in [0.2, 0.25) is 5.91 Å². The van der Waals surface area contributed by atoms with Gasteiger partial charge in [-0.2, -0.15) is 0 Å². The Hall–Kier alpha value is -1.60. The van der Waals surface area contributed by atoms with E-state index in [1.165, 1.54) is 12.1 Å². The van der Waals surface area contributed by atoms with Crippen LogP contribution < -0.4 is 10.6 Å². The summed E-state index contributed by atoms with van der Waals surface area (Å²) in [7, 11) is -3.19. The smallest absolute Gasteiger partial charge is 0.252 e. The van der Waals surface area contributed by atoms with Crippen molar-refractivity contribution >= 4 is 38.9 Å². The first-order valence-corrected chi connectivity index (χ1v) is 9.57. The van der Waals surface area contributed by atoms with Crippen LogP contribution in [-0.4, -0.2) is 38.8 Å². The number of halogens is 1. The molecule has 0 bridgehead atoms. The summed E-state index contributed by atoms with van der Waals surface area (Å²) in [5.74, 6) is -0.601. The third-order valence-corrected chi connectivity index (χ3v) is 4.13. The largest absolute Gasteiger partial charge is 0.352 e. The van der Waals surface area contributed by atoms with Gasteiger partial charge in [0.1, 0.15) is 9.84 Å². The fraction of sp³-hybridized carbons (Fsp3) is 0.467. The van der Waals surface area contributed by atoms with Gasteiger partial charge in [-0.3, -0.25) is 9.59 Å². The minimum atomic E-state index is -3.19. The van der Waals surface area contributed by atoms with Crippen molar-refractivity contribution in [2.75, 3.05) is 23.9 Å². The lowest BCUT2D eigenvalue weighted by Crippen LogP contribution is -2.27. The van der Waals surface area contributed by atoms with Gasteiger partial charge in [-0.1, -0.05) is 25.4 Å². The molecule has 0 heterocycles. The molecule has 0 fully saturated rings. The Morgan fingerprint density at radius 1 is 1.26 bits per heavy atom. The standard InChI is InChI=1S/C15H21ClN2O4S/c1-10(2)9-17-15(20)12-5-4-11(8-13(12)16)18-14(19)6-7-23(3,21)22/h4-5,8,10H,6-7,9H2,1-3H3,(H,17,20)(H,18,19). The first-order chi connectivity index (χ1) is 10.6. The summed E-state index contributed by atoms with van der Waals surface area (Å²) in [6.07, 6.45) is 0.939. The molecule has 0 aliphatic carbocycles. The fourth-order valence-electron chi connectivity index (χ4n) is 1.67. The molecule has 0 spiro atoms. The highest BCUT2D eigenvalue weighted by molar-refractivity contribution is 7.90. The molecule has 8 heteroatoms. The van der Waals surface area contributed by atoms with E-state index in [0.29, 0.717) is 23.7 Å². The molecule has 0 saturated carbocycles. The van der Waals surface area contributed by atoms with E-state index in [0.717, 1.165) is 6.26 Å². The summed E-state index contributed by atoms with van der Waals surface area (Å²) in [6, 6.07) is 4.53. The summed E-state index contributed by atoms with van der Waals surface area (Å²) in [5, 5.41) is 5.53. The summed E-state index contributed by atoms with van der Waals surface area (Å²) >= 11 is 6.06. The van der Waals surface area contributed by atoms with Crippen molar-refractivity contribution in [3.05, 3.63) is 28.8 Å². The molecule has 23 heavy (non-hydrogen) atoms. The molecule has 2 amide bonds. The third kappa shape index (κ3) is 7.47. The molecule has 0 saturated heterocycles. The normalized spacial score (nSPS) is 11.3. The van der Waals surface area contributed by atoms with E-state index < -0.39 is 15.7 Å². The Kier molecular flexibility index (Phi) is 7.02. The van der Waals surface area contributed by atoms with Crippen LogP contribution in [0, 0.1) is 5.92 Å². The van der Waals surface area contributed by atoms with Gasteiger partial charge >= 0.3 is 0 Å². The van der Waals surface area contributed by atoms with Gasteiger partial charge < -0.3 is 10.6 Å². The van der Waals surface area contributed by atoms with Crippen LogP contribution in [0.15, 0.2) is 18.2 Å². The molecule has 0 aliphatic rings. The van der Waals surface area contributed by atoms with Gasteiger partial charge in [0.15, 0.2) is 0 Å². The predicted molar refractivity (Wildman–Crippen MR) is 91.6 cm³/mol. The molecule has 0 unspecified atom stereocenters. The van der Waals surface area contributed by atoms with Crippen molar-refractivity contribution in [1.82, 2.24) is 5.32 Å². The zero-order chi connectivity index (χ0) is 17.6. The summed E-state index contributed by atoms with van der Waals surface area (Å²) in [5.41, 5.74) is 0.732. The van der Waals surface area contributed by atoms with Crippen LogP contribution in [0.4, 0.5) is 5.69 Å². The van der Waals surface area contributed by atoms with E-state index in [4.69, 9.17) is 11.6 Å². The molecular formula is C15H21ClN2O4S. The van der Waals surface area contributed by atoms with Crippen LogP contribution in [0.3, 0.4) is 0 Å². The van der Waals surface area contributed by atoms with E-state index in [1.807, 2.05) is 13.8 Å². The highest BCUT2D eigenvalue weighted by atomic mass is 35.5. The molecule has 1 rings (SSSR count). The first kappa shape index (κ1) is 19.4. The molecular weight excluding hydrogens is 340 g/mol. The van der Waals surface area contributed by atoms with Crippen LogP contribution in [-0.2, 0) is 14.6 Å². The molecule has 1 aromatic rings. The van der Waals surface area contributed by atoms with Crippen LogP contribution >= 0.6 is 11.6 Å². The molecule has 0 aliphatic heterocycles. The lowest BCUT2D eigenvalue weighted by Gasteiger charge is -2.10. The second kappa shape index (κ2) is 8.31. The van der Waals surface area contributed by atoms with Crippen molar-refractivity contribution in [3.63, 3.8) is 0 Å². The highest BCUT2D eigenvalue weighted by Gasteiger charge is 2.13. The number of sulfone groups is 1. The van der Waals surface area contributed by atoms with Crippen LogP contribution in [0.5, 0.6) is 0 Å². The van der Waals surface area contributed by atoms with Gasteiger partial charge in [0.05, 0.1) is 16.3 Å². The zero-order valence-electron chi connectivity index (χ0n) is 13.3. The van der Waals surface area contributed by atoms with Crippen LogP contribution in [0.1, 0.15) is 30.6 Å². The Balaban J connectivity index is 2.69. The minimum absolute atomic E-state index is 0.132. The van der Waals surface area contributed by atoms with Gasteiger partial charge in [-0.15, -0.1) is 0 Å². The van der Waals surface area contributed by atoms with Gasteiger partial charge in [0.25, 0.3) is 5.91 Å². The number of carbonyl (C=O) groups is 2. The van der Waals surface area contributed by atoms with E-state index in [1.54, 1.807) is 6.07 Å². The Labute approximate surface area is 141 Å². The minimum Gasteiger partial charge on any atom is -0.352 e. The highest BCUT2D eigenvalue weighted by Crippen LogP contribution is 2.21. The molecule has 0 radical (unpaired) electrons. The number of nitrogens with one attached hydrogen (secondary N) is 2. The lowest BCUT2D eigenvalue weighted by atomic mass is 10.1. The number of hydrogen-bond donors (Lipinski definition) is 2. The monoisotopic (exact) mass is 360 g/mol. The molecule has 1 aromatic carbocycles. The number of benzene rings is 1. The topological polar surface area (TPSA) is 92.3 Å². The van der Waals surface area contributed by atoms with Crippen molar-refractivity contribution in [2.24, 2.45) is 5.92 Å². The summed E-state index contributed by atoms with van der Waals surface area (Å²) in [6.45, 7) is 4.51. The van der Waals surface area contributed by atoms with Crippen molar-refractivity contribution < 1.29 is 18.0 Å². The molecule has 0 aromatic heterocycles. The van der Waals surface area contributed by atoms with Gasteiger partial charge in [0, 0.05) is 24.9 Å². The maximum absolute atomic E-state index is 12.0. The number of anilines is 1. The third-order valence-electron chi connectivity index (χ3n) is 2.87. The van der Waals surface area contributed by atoms with Crippen molar-refractivity contribution in [1.29, 1.82) is 0 Å². The van der Waals surface area contributed by atoms with Crippen LogP contribution in [0.25, 0.3) is 0 Å². The van der Waals surface area contributed by atoms with E-state index in [2.05, 4.69) is 10.6 Å². The van der Waals surface area contributed by atoms with Gasteiger partial charge in [-0.25, -0.2) is 8.42 Å². The second-order valence-electron chi connectivity index (χ2n) is 5.73. The van der Waals surface area contributed by atoms with E-state index in [-0.39, 0.29) is 23.1 Å². The predicted octanol–water partition coefficient (Wildman–Crippen LogP) is 2.10. The van der Waals surface area contributed by atoms with Crippen molar-refractivity contribution in [2.45, 2.75) is 20.3 Å². The molecule has 128 valence electrons. The van der Waals surface area contributed by atoms with Crippen LogP contribution in [0.2, 0.25) is 5.02 Å². The number of hydrogen-bond acceptors (Lipinski definition) is 4. The number of rotatable bonds is 7. The van der Waals surface area contributed by atoms with E-state index >= 15 is 0 Å². The molecule has 0 atom stereocenters. The Bertz CT molecular complexity index is 687. The molecule has 2 N–H and O–H groups in total. The SMILES string of the molecule is CC(C)CNC(=O)c1ccc(NC(=O)CCS(C)(=O)=O)cc1Cl. The number of amides is 2.